The second kappa shape index (κ2) is 4.72. The topological polar surface area (TPSA) is 70.5 Å². The van der Waals surface area contributed by atoms with Crippen molar-refractivity contribution in [1.29, 1.82) is 0 Å². The van der Waals surface area contributed by atoms with Gasteiger partial charge in [-0.2, -0.15) is 0 Å². The first-order valence-corrected chi connectivity index (χ1v) is 5.18. The summed E-state index contributed by atoms with van der Waals surface area (Å²) in [6.07, 6.45) is 0. The van der Waals surface area contributed by atoms with Gasteiger partial charge in [-0.05, 0) is 37.1 Å². The second-order valence-electron chi connectivity index (χ2n) is 4.14. The van der Waals surface area contributed by atoms with Crippen LogP contribution in [0, 0.1) is 6.92 Å². The first-order chi connectivity index (χ1) is 7.46. The van der Waals surface area contributed by atoms with Crippen molar-refractivity contribution in [3.05, 3.63) is 23.3 Å². The molecular weight excluding hydrogens is 204 g/mol. The molecule has 1 rings (SSSR count). The summed E-state index contributed by atoms with van der Waals surface area (Å²) in [6, 6.07) is 3.80. The molecule has 0 aliphatic carbocycles. The molecule has 0 fully saturated rings. The molecule has 4 heteroatoms. The van der Waals surface area contributed by atoms with Gasteiger partial charge < -0.3 is 20.9 Å². The third-order valence-electron chi connectivity index (χ3n) is 2.77. The Balaban J connectivity index is 3.32. The quantitative estimate of drug-likeness (QED) is 0.804. The van der Waals surface area contributed by atoms with Crippen LogP contribution in [0.2, 0.25) is 0 Å². The Labute approximate surface area is 96.5 Å². The molecule has 0 saturated heterocycles. The van der Waals surface area contributed by atoms with Crippen LogP contribution >= 0.6 is 0 Å². The Morgan fingerprint density at radius 2 is 1.69 bits per heavy atom. The zero-order valence-corrected chi connectivity index (χ0v) is 10.3. The van der Waals surface area contributed by atoms with Crippen molar-refractivity contribution in [2.45, 2.75) is 19.4 Å². The van der Waals surface area contributed by atoms with E-state index in [2.05, 4.69) is 0 Å². The molecule has 4 N–H and O–H groups in total. The van der Waals surface area contributed by atoms with E-state index in [4.69, 9.17) is 20.9 Å². The third-order valence-corrected chi connectivity index (χ3v) is 2.77. The highest BCUT2D eigenvalue weighted by atomic mass is 16.5. The second-order valence-corrected chi connectivity index (χ2v) is 4.14. The predicted octanol–water partition coefficient (Wildman–Crippen LogP) is 1.14. The Morgan fingerprint density at radius 3 is 2.12 bits per heavy atom. The van der Waals surface area contributed by atoms with Gasteiger partial charge in [-0.3, -0.25) is 0 Å². The summed E-state index contributed by atoms with van der Waals surface area (Å²) in [6.45, 7) is 4.27. The van der Waals surface area contributed by atoms with E-state index < -0.39 is 5.54 Å². The molecule has 0 aromatic heterocycles. The highest BCUT2D eigenvalue weighted by Gasteiger charge is 2.23. The van der Waals surface area contributed by atoms with Crippen LogP contribution in [-0.2, 0) is 5.54 Å². The number of hydrogen-bond donors (Lipinski definition) is 2. The Hall–Kier alpha value is -1.26. The van der Waals surface area contributed by atoms with Crippen LogP contribution in [0.1, 0.15) is 18.1 Å². The first kappa shape index (κ1) is 12.8. The highest BCUT2D eigenvalue weighted by Crippen LogP contribution is 2.33. The number of methoxy groups -OCH3 is 2. The molecule has 1 unspecified atom stereocenters. The fraction of sp³-hybridized carbons (Fsp3) is 0.500. The molecule has 4 nitrogen and oxygen atoms in total. The van der Waals surface area contributed by atoms with Gasteiger partial charge in [0.2, 0.25) is 0 Å². The molecule has 0 saturated carbocycles. The third kappa shape index (κ3) is 2.28. The van der Waals surface area contributed by atoms with Crippen molar-refractivity contribution >= 4 is 0 Å². The first-order valence-electron chi connectivity index (χ1n) is 5.18. The van der Waals surface area contributed by atoms with E-state index in [1.807, 2.05) is 26.0 Å². The molecule has 0 aliphatic heterocycles. The summed E-state index contributed by atoms with van der Waals surface area (Å²) in [5.41, 5.74) is 13.3. The van der Waals surface area contributed by atoms with Gasteiger partial charge in [0.25, 0.3) is 0 Å². The van der Waals surface area contributed by atoms with Crippen LogP contribution in [0.4, 0.5) is 0 Å². The van der Waals surface area contributed by atoms with Crippen molar-refractivity contribution in [3.63, 3.8) is 0 Å². The number of ether oxygens (including phenoxy) is 2. The number of rotatable bonds is 4. The normalized spacial score (nSPS) is 14.4. The lowest BCUT2D eigenvalue weighted by Crippen LogP contribution is -2.41. The number of aryl methyl sites for hydroxylation is 1. The molecule has 1 atom stereocenters. The van der Waals surface area contributed by atoms with Gasteiger partial charge in [0.1, 0.15) is 0 Å². The van der Waals surface area contributed by atoms with Gasteiger partial charge in [0.05, 0.1) is 19.8 Å². The zero-order chi connectivity index (χ0) is 12.3. The minimum atomic E-state index is -0.552. The number of benzene rings is 1. The van der Waals surface area contributed by atoms with Gasteiger partial charge in [0, 0.05) is 6.54 Å². The van der Waals surface area contributed by atoms with E-state index >= 15 is 0 Å². The van der Waals surface area contributed by atoms with E-state index in [1.54, 1.807) is 14.2 Å². The minimum absolute atomic E-state index is 0.378. The number of hydrogen-bond acceptors (Lipinski definition) is 4. The summed E-state index contributed by atoms with van der Waals surface area (Å²) in [5, 5.41) is 0. The highest BCUT2D eigenvalue weighted by molar-refractivity contribution is 5.49. The standard InChI is InChI=1S/C12H20N2O2/c1-8-5-10(15-3)11(16-4)6-9(8)12(2,14)7-13/h5-6H,7,13-14H2,1-4H3. The molecular formula is C12H20N2O2. The lowest BCUT2D eigenvalue weighted by molar-refractivity contribution is 0.352. The van der Waals surface area contributed by atoms with E-state index in [9.17, 15) is 0 Å². The molecule has 1 aromatic rings. The number of nitrogens with two attached hydrogens (primary N) is 2. The van der Waals surface area contributed by atoms with Crippen LogP contribution in [0.5, 0.6) is 11.5 Å². The van der Waals surface area contributed by atoms with E-state index in [0.29, 0.717) is 18.0 Å². The maximum atomic E-state index is 6.13. The van der Waals surface area contributed by atoms with E-state index in [0.717, 1.165) is 11.1 Å². The average Bonchev–Trinajstić information content (AvgIpc) is 2.28. The smallest absolute Gasteiger partial charge is 0.161 e. The van der Waals surface area contributed by atoms with Crippen molar-refractivity contribution < 1.29 is 9.47 Å². The fourth-order valence-electron chi connectivity index (χ4n) is 1.71. The Bertz CT molecular complexity index is 376. The van der Waals surface area contributed by atoms with Crippen LogP contribution in [0.3, 0.4) is 0 Å². The molecule has 0 heterocycles. The van der Waals surface area contributed by atoms with E-state index in [-0.39, 0.29) is 0 Å². The maximum Gasteiger partial charge on any atom is 0.161 e. The largest absolute Gasteiger partial charge is 0.493 e. The van der Waals surface area contributed by atoms with Crippen molar-refractivity contribution in [2.75, 3.05) is 20.8 Å². The van der Waals surface area contributed by atoms with E-state index in [1.165, 1.54) is 0 Å². The molecule has 0 aliphatic rings. The van der Waals surface area contributed by atoms with Crippen molar-refractivity contribution in [2.24, 2.45) is 11.5 Å². The monoisotopic (exact) mass is 224 g/mol. The van der Waals surface area contributed by atoms with Gasteiger partial charge >= 0.3 is 0 Å². The van der Waals surface area contributed by atoms with Crippen LogP contribution in [0.15, 0.2) is 12.1 Å². The van der Waals surface area contributed by atoms with Crippen LogP contribution in [-0.4, -0.2) is 20.8 Å². The van der Waals surface area contributed by atoms with Crippen molar-refractivity contribution in [1.82, 2.24) is 0 Å². The fourth-order valence-corrected chi connectivity index (χ4v) is 1.71. The van der Waals surface area contributed by atoms with Gasteiger partial charge in [-0.1, -0.05) is 0 Å². The molecule has 0 spiro atoms. The summed E-state index contributed by atoms with van der Waals surface area (Å²) in [5.74, 6) is 1.38. The lowest BCUT2D eigenvalue weighted by atomic mass is 9.89. The SMILES string of the molecule is COc1cc(C)c(C(C)(N)CN)cc1OC. The molecule has 0 radical (unpaired) electrons. The van der Waals surface area contributed by atoms with Gasteiger partial charge in [0.15, 0.2) is 11.5 Å². The summed E-state index contributed by atoms with van der Waals surface area (Å²) < 4.78 is 10.5. The van der Waals surface area contributed by atoms with Crippen LogP contribution in [0.25, 0.3) is 0 Å². The molecule has 0 bridgehead atoms. The Kier molecular flexibility index (Phi) is 3.78. The lowest BCUT2D eigenvalue weighted by Gasteiger charge is -2.26. The Morgan fingerprint density at radius 1 is 1.19 bits per heavy atom. The molecule has 16 heavy (non-hydrogen) atoms. The van der Waals surface area contributed by atoms with Crippen molar-refractivity contribution in [3.8, 4) is 11.5 Å². The molecule has 90 valence electrons. The van der Waals surface area contributed by atoms with Gasteiger partial charge in [-0.15, -0.1) is 0 Å². The molecule has 1 aromatic carbocycles. The average molecular weight is 224 g/mol. The maximum absolute atomic E-state index is 6.13. The zero-order valence-electron chi connectivity index (χ0n) is 10.3. The predicted molar refractivity (Wildman–Crippen MR) is 64.9 cm³/mol. The minimum Gasteiger partial charge on any atom is -0.493 e. The van der Waals surface area contributed by atoms with Crippen LogP contribution < -0.4 is 20.9 Å². The van der Waals surface area contributed by atoms with Gasteiger partial charge in [-0.25, -0.2) is 0 Å². The summed E-state index contributed by atoms with van der Waals surface area (Å²) in [7, 11) is 3.22. The molecule has 0 amide bonds. The summed E-state index contributed by atoms with van der Waals surface area (Å²) >= 11 is 0. The summed E-state index contributed by atoms with van der Waals surface area (Å²) in [4.78, 5) is 0.